The Morgan fingerprint density at radius 3 is 1.24 bits per heavy atom. The highest BCUT2D eigenvalue weighted by molar-refractivity contribution is 6.13. The number of rotatable bonds is 3. The maximum Gasteiger partial charge on any atom is 0.0998 e. The normalized spacial score (nSPS) is 11.7. The summed E-state index contributed by atoms with van der Waals surface area (Å²) in [6, 6.07) is 39.9. The summed E-state index contributed by atoms with van der Waals surface area (Å²) in [6.45, 7) is 13.1. The molecule has 0 saturated heterocycles. The molecular weight excluding hydrogens is 558 g/mol. The van der Waals surface area contributed by atoms with Gasteiger partial charge in [0.15, 0.2) is 0 Å². The van der Waals surface area contributed by atoms with E-state index >= 15 is 0 Å². The second-order valence-corrected chi connectivity index (χ2v) is 12.9. The van der Waals surface area contributed by atoms with E-state index in [2.05, 4.69) is 160 Å². The SMILES string of the molecule is Cc1ccc(-c2cc(-n3c4c(C)cccc4c4cccc(C)c43)c(-n3c4c(C)cccc4c4cccc(C)c43)cc2C#N)c(C)c1. The molecule has 0 aliphatic heterocycles. The molecule has 8 aromatic rings. The van der Waals surface area contributed by atoms with E-state index in [1.807, 2.05) is 0 Å². The van der Waals surface area contributed by atoms with Gasteiger partial charge >= 0.3 is 0 Å². The molecule has 0 amide bonds. The number of hydrogen-bond donors (Lipinski definition) is 0. The van der Waals surface area contributed by atoms with Crippen molar-refractivity contribution in [2.45, 2.75) is 41.5 Å². The van der Waals surface area contributed by atoms with Gasteiger partial charge in [0.1, 0.15) is 0 Å². The van der Waals surface area contributed by atoms with Crippen LogP contribution in [0.4, 0.5) is 0 Å². The lowest BCUT2D eigenvalue weighted by Crippen LogP contribution is -2.07. The van der Waals surface area contributed by atoms with E-state index in [1.54, 1.807) is 0 Å². The second kappa shape index (κ2) is 10.2. The first-order valence-electron chi connectivity index (χ1n) is 15.9. The minimum Gasteiger partial charge on any atom is -0.307 e. The molecule has 0 N–H and O–H groups in total. The molecule has 222 valence electrons. The highest BCUT2D eigenvalue weighted by atomic mass is 15.1. The predicted octanol–water partition coefficient (Wildman–Crippen LogP) is 11.3. The van der Waals surface area contributed by atoms with Crippen LogP contribution >= 0.6 is 0 Å². The van der Waals surface area contributed by atoms with Crippen LogP contribution in [-0.4, -0.2) is 9.13 Å². The molecule has 0 aliphatic carbocycles. The molecule has 0 spiro atoms. The highest BCUT2D eigenvalue weighted by Gasteiger charge is 2.24. The molecule has 0 fully saturated rings. The zero-order chi connectivity index (χ0) is 31.9. The lowest BCUT2D eigenvalue weighted by Gasteiger charge is -2.21. The van der Waals surface area contributed by atoms with Crippen molar-refractivity contribution in [3.8, 4) is 28.6 Å². The first kappa shape index (κ1) is 27.9. The number of para-hydroxylation sites is 4. The lowest BCUT2D eigenvalue weighted by atomic mass is 9.93. The lowest BCUT2D eigenvalue weighted by molar-refractivity contribution is 1.08. The van der Waals surface area contributed by atoms with E-state index in [0.29, 0.717) is 5.56 Å². The number of benzene rings is 6. The third kappa shape index (κ3) is 3.90. The topological polar surface area (TPSA) is 33.6 Å². The van der Waals surface area contributed by atoms with Crippen molar-refractivity contribution in [1.29, 1.82) is 5.26 Å². The summed E-state index contributed by atoms with van der Waals surface area (Å²) in [4.78, 5) is 0. The summed E-state index contributed by atoms with van der Waals surface area (Å²) in [5.74, 6) is 0. The molecule has 6 aromatic carbocycles. The van der Waals surface area contributed by atoms with Gasteiger partial charge in [0.05, 0.1) is 45.1 Å². The van der Waals surface area contributed by atoms with Crippen molar-refractivity contribution in [3.63, 3.8) is 0 Å². The summed E-state index contributed by atoms with van der Waals surface area (Å²) < 4.78 is 4.89. The van der Waals surface area contributed by atoms with E-state index in [0.717, 1.165) is 28.1 Å². The number of aromatic nitrogens is 2. The molecule has 0 saturated carbocycles. The fourth-order valence-electron chi connectivity index (χ4n) is 7.76. The average Bonchev–Trinajstić information content (AvgIpc) is 3.57. The van der Waals surface area contributed by atoms with Crippen LogP contribution in [0.1, 0.15) is 38.9 Å². The quantitative estimate of drug-likeness (QED) is 0.201. The highest BCUT2D eigenvalue weighted by Crippen LogP contribution is 2.43. The van der Waals surface area contributed by atoms with Crippen molar-refractivity contribution in [3.05, 3.63) is 142 Å². The van der Waals surface area contributed by atoms with Crippen molar-refractivity contribution in [2.75, 3.05) is 0 Å². The zero-order valence-corrected chi connectivity index (χ0v) is 27.2. The minimum atomic E-state index is 0.664. The molecule has 3 nitrogen and oxygen atoms in total. The molecule has 0 unspecified atom stereocenters. The summed E-state index contributed by atoms with van der Waals surface area (Å²) in [7, 11) is 0. The van der Waals surface area contributed by atoms with Gasteiger partial charge in [-0.25, -0.2) is 0 Å². The predicted molar refractivity (Wildman–Crippen MR) is 194 cm³/mol. The van der Waals surface area contributed by atoms with Crippen LogP contribution in [0.3, 0.4) is 0 Å². The minimum absolute atomic E-state index is 0.664. The van der Waals surface area contributed by atoms with Crippen molar-refractivity contribution in [1.82, 2.24) is 9.13 Å². The largest absolute Gasteiger partial charge is 0.307 e. The van der Waals surface area contributed by atoms with Crippen molar-refractivity contribution < 1.29 is 0 Å². The molecule has 2 aromatic heterocycles. The summed E-state index contributed by atoms with van der Waals surface area (Å²) >= 11 is 0. The Kier molecular flexibility index (Phi) is 6.21. The van der Waals surface area contributed by atoms with Crippen LogP contribution < -0.4 is 0 Å². The third-order valence-electron chi connectivity index (χ3n) is 9.81. The Morgan fingerprint density at radius 2 is 0.848 bits per heavy atom. The van der Waals surface area contributed by atoms with Crippen LogP contribution in [0.25, 0.3) is 66.1 Å². The van der Waals surface area contributed by atoms with Gasteiger partial charge < -0.3 is 9.13 Å². The van der Waals surface area contributed by atoms with Gasteiger partial charge in [0.2, 0.25) is 0 Å². The number of nitrogens with zero attached hydrogens (tertiary/aromatic N) is 3. The van der Waals surface area contributed by atoms with E-state index < -0.39 is 0 Å². The fourth-order valence-corrected chi connectivity index (χ4v) is 7.76. The van der Waals surface area contributed by atoms with E-state index in [1.165, 1.54) is 71.4 Å². The zero-order valence-electron chi connectivity index (χ0n) is 27.2. The Morgan fingerprint density at radius 1 is 0.435 bits per heavy atom. The van der Waals surface area contributed by atoms with Crippen LogP contribution in [0.5, 0.6) is 0 Å². The molecule has 8 rings (SSSR count). The van der Waals surface area contributed by atoms with Gasteiger partial charge in [-0.1, -0.05) is 96.6 Å². The maximum absolute atomic E-state index is 10.8. The standard InChI is InChI=1S/C43H35N3/c1-25-19-20-32(30(6)21-25)37-23-39(46-42-28(4)13-9-17-35(42)36-18-10-14-29(5)43(36)46)38(22-31(37)24-44)45-40-26(2)11-7-15-33(40)34-16-8-12-27(3)41(34)45/h7-23H,1-6H3. The molecule has 46 heavy (non-hydrogen) atoms. The summed E-state index contributed by atoms with van der Waals surface area (Å²) in [6.07, 6.45) is 0. The monoisotopic (exact) mass is 593 g/mol. The summed E-state index contributed by atoms with van der Waals surface area (Å²) in [5.41, 5.74) is 16.7. The smallest absolute Gasteiger partial charge is 0.0998 e. The van der Waals surface area contributed by atoms with Crippen molar-refractivity contribution in [2.24, 2.45) is 0 Å². The Hall–Kier alpha value is -5.59. The van der Waals surface area contributed by atoms with Gasteiger partial charge in [-0.3, -0.25) is 0 Å². The number of aryl methyl sites for hydroxylation is 6. The molecular formula is C43H35N3. The third-order valence-corrected chi connectivity index (χ3v) is 9.81. The van der Waals surface area contributed by atoms with Gasteiger partial charge in [-0.15, -0.1) is 0 Å². The van der Waals surface area contributed by atoms with Gasteiger partial charge in [-0.2, -0.15) is 5.26 Å². The molecule has 2 heterocycles. The average molecular weight is 594 g/mol. The summed E-state index contributed by atoms with van der Waals surface area (Å²) in [5, 5.41) is 15.7. The molecule has 0 bridgehead atoms. The van der Waals surface area contributed by atoms with Crippen LogP contribution in [-0.2, 0) is 0 Å². The molecule has 0 radical (unpaired) electrons. The van der Waals surface area contributed by atoms with Gasteiger partial charge in [0, 0.05) is 27.1 Å². The van der Waals surface area contributed by atoms with Crippen LogP contribution in [0.2, 0.25) is 0 Å². The van der Waals surface area contributed by atoms with Gasteiger partial charge in [0.25, 0.3) is 0 Å². The number of hydrogen-bond acceptors (Lipinski definition) is 1. The van der Waals surface area contributed by atoms with E-state index in [-0.39, 0.29) is 0 Å². The van der Waals surface area contributed by atoms with Crippen molar-refractivity contribution >= 4 is 43.6 Å². The number of nitriles is 1. The Labute approximate surface area is 269 Å². The first-order chi connectivity index (χ1) is 22.3. The Bertz CT molecular complexity index is 2480. The van der Waals surface area contributed by atoms with Crippen LogP contribution in [0, 0.1) is 52.9 Å². The van der Waals surface area contributed by atoms with Gasteiger partial charge in [-0.05, 0) is 87.1 Å². The first-order valence-corrected chi connectivity index (χ1v) is 15.9. The fraction of sp³-hybridized carbons (Fsp3) is 0.140. The van der Waals surface area contributed by atoms with E-state index in [4.69, 9.17) is 0 Å². The second-order valence-electron chi connectivity index (χ2n) is 12.9. The number of fused-ring (bicyclic) bond motifs is 6. The molecule has 0 aliphatic rings. The van der Waals surface area contributed by atoms with E-state index in [9.17, 15) is 5.26 Å². The van der Waals surface area contributed by atoms with Crippen LogP contribution in [0.15, 0.2) is 103 Å². The maximum atomic E-state index is 10.8. The Balaban J connectivity index is 1.65. The molecule has 3 heteroatoms. The molecule has 0 atom stereocenters.